The highest BCUT2D eigenvalue weighted by molar-refractivity contribution is 9.10. The van der Waals surface area contributed by atoms with Crippen LogP contribution in [0.15, 0.2) is 24.0 Å². The Balaban J connectivity index is 2.89. The van der Waals surface area contributed by atoms with Crippen molar-refractivity contribution in [3.05, 3.63) is 24.0 Å². The van der Waals surface area contributed by atoms with E-state index in [0.717, 1.165) is 0 Å². The zero-order valence-corrected chi connectivity index (χ0v) is 6.62. The van der Waals surface area contributed by atoms with Crippen LogP contribution >= 0.6 is 15.9 Å². The molecule has 1 rings (SSSR count). The van der Waals surface area contributed by atoms with Gasteiger partial charge in [-0.15, -0.1) is 0 Å². The van der Waals surface area contributed by atoms with Crippen LogP contribution in [0.2, 0.25) is 0 Å². The summed E-state index contributed by atoms with van der Waals surface area (Å²) in [4.78, 5) is 0. The molecule has 3 N–H and O–H groups in total. The van der Waals surface area contributed by atoms with Crippen LogP contribution in [0.4, 0.5) is 0 Å². The van der Waals surface area contributed by atoms with Crippen LogP contribution in [0.3, 0.4) is 0 Å². The molecule has 1 aliphatic carbocycles. The maximum absolute atomic E-state index is 9.19. The summed E-state index contributed by atoms with van der Waals surface area (Å²) in [5.41, 5.74) is 0. The molecule has 4 heteroatoms. The molecule has 0 aromatic heterocycles. The second kappa shape index (κ2) is 2.38. The van der Waals surface area contributed by atoms with Crippen molar-refractivity contribution in [2.45, 2.75) is 10.6 Å². The van der Waals surface area contributed by atoms with E-state index >= 15 is 0 Å². The van der Waals surface area contributed by atoms with E-state index in [1.807, 2.05) is 0 Å². The van der Waals surface area contributed by atoms with Gasteiger partial charge < -0.3 is 15.3 Å². The van der Waals surface area contributed by atoms with Gasteiger partial charge in [0.1, 0.15) is 5.76 Å². The molecule has 0 spiro atoms. The number of aliphatic hydroxyl groups is 3. The highest BCUT2D eigenvalue weighted by Crippen LogP contribution is 2.27. The molecule has 3 nitrogen and oxygen atoms in total. The second-order valence-electron chi connectivity index (χ2n) is 2.08. The minimum Gasteiger partial charge on any atom is -0.509 e. The first kappa shape index (κ1) is 7.78. The first-order valence-electron chi connectivity index (χ1n) is 2.72. The summed E-state index contributed by atoms with van der Waals surface area (Å²) in [7, 11) is 0. The fourth-order valence-electron chi connectivity index (χ4n) is 0.671. The minimum atomic E-state index is -1.52. The molecule has 0 aromatic carbocycles. The normalized spacial score (nSPS) is 39.5. The number of aliphatic hydroxyl groups excluding tert-OH is 2. The van der Waals surface area contributed by atoms with Crippen molar-refractivity contribution >= 4 is 15.9 Å². The Morgan fingerprint density at radius 3 is 2.60 bits per heavy atom. The second-order valence-corrected chi connectivity index (χ2v) is 3.35. The largest absolute Gasteiger partial charge is 0.509 e. The quantitative estimate of drug-likeness (QED) is 0.505. The predicted molar refractivity (Wildman–Crippen MR) is 39.7 cm³/mol. The lowest BCUT2D eigenvalue weighted by Crippen LogP contribution is -2.36. The third-order valence-corrected chi connectivity index (χ3v) is 1.96. The van der Waals surface area contributed by atoms with E-state index in [2.05, 4.69) is 15.9 Å². The highest BCUT2D eigenvalue weighted by atomic mass is 79.9. The summed E-state index contributed by atoms with van der Waals surface area (Å²) in [6.07, 6.45) is 2.84. The van der Waals surface area contributed by atoms with Gasteiger partial charge in [0.25, 0.3) is 0 Å². The molecule has 10 heavy (non-hydrogen) atoms. The Bertz CT molecular complexity index is 195. The summed E-state index contributed by atoms with van der Waals surface area (Å²) in [5.74, 6) is -0.248. The molecule has 0 radical (unpaired) electrons. The Kier molecular flexibility index (Phi) is 1.85. The lowest BCUT2D eigenvalue weighted by Gasteiger charge is -2.25. The fraction of sp³-hybridized carbons (Fsp3) is 0.333. The van der Waals surface area contributed by atoms with Crippen molar-refractivity contribution in [3.63, 3.8) is 0 Å². The lowest BCUT2D eigenvalue weighted by molar-refractivity contribution is 0.0258. The Morgan fingerprint density at radius 2 is 2.20 bits per heavy atom. The van der Waals surface area contributed by atoms with Gasteiger partial charge in [-0.25, -0.2) is 0 Å². The van der Waals surface area contributed by atoms with Crippen molar-refractivity contribution in [3.8, 4) is 0 Å². The molecule has 0 amide bonds. The van der Waals surface area contributed by atoms with Crippen LogP contribution < -0.4 is 0 Å². The Labute approximate surface area is 66.4 Å². The average molecular weight is 207 g/mol. The average Bonchev–Trinajstić information content (AvgIpc) is 1.83. The maximum Gasteiger partial charge on any atom is 0.171 e. The third-order valence-electron chi connectivity index (χ3n) is 1.26. The molecule has 56 valence electrons. The van der Waals surface area contributed by atoms with Gasteiger partial charge in [-0.3, -0.25) is 0 Å². The van der Waals surface area contributed by atoms with Gasteiger partial charge >= 0.3 is 0 Å². The van der Waals surface area contributed by atoms with E-state index in [9.17, 15) is 5.11 Å². The number of alkyl halides is 1. The number of allylic oxidation sites excluding steroid dienone is 2. The molecular weight excluding hydrogens is 200 g/mol. The smallest absolute Gasteiger partial charge is 0.171 e. The molecule has 2 unspecified atom stereocenters. The Hall–Kier alpha value is -0.320. The van der Waals surface area contributed by atoms with Crippen LogP contribution in [0.1, 0.15) is 0 Å². The molecule has 1 aliphatic rings. The zero-order chi connectivity index (χ0) is 7.78. The fourth-order valence-corrected chi connectivity index (χ4v) is 1.06. The van der Waals surface area contributed by atoms with Gasteiger partial charge in [0.05, 0.1) is 0 Å². The summed E-state index contributed by atoms with van der Waals surface area (Å²) in [6, 6.07) is 0. The van der Waals surface area contributed by atoms with Crippen molar-refractivity contribution in [1.29, 1.82) is 0 Å². The third kappa shape index (κ3) is 1.23. The van der Waals surface area contributed by atoms with Crippen molar-refractivity contribution in [1.82, 2.24) is 0 Å². The van der Waals surface area contributed by atoms with Gasteiger partial charge in [-0.2, -0.15) is 0 Å². The summed E-state index contributed by atoms with van der Waals surface area (Å²) < 4.78 is -1.52. The summed E-state index contributed by atoms with van der Waals surface area (Å²) in [5, 5.41) is 27.1. The molecule has 0 bridgehead atoms. The van der Waals surface area contributed by atoms with E-state index in [0.29, 0.717) is 0 Å². The number of halogens is 1. The standard InChI is InChI=1S/C6H7BrO3/c7-6(10)3-1-2-4(8)5(6)9/h1-3,5,8-10H. The first-order chi connectivity index (χ1) is 4.54. The number of rotatable bonds is 0. The van der Waals surface area contributed by atoms with E-state index in [4.69, 9.17) is 10.2 Å². The lowest BCUT2D eigenvalue weighted by atomic mass is 10.1. The Morgan fingerprint density at radius 1 is 1.60 bits per heavy atom. The van der Waals surface area contributed by atoms with Gasteiger partial charge in [0.15, 0.2) is 10.6 Å². The van der Waals surface area contributed by atoms with Crippen LogP contribution in [-0.2, 0) is 0 Å². The minimum absolute atomic E-state index is 0.248. The molecule has 0 saturated heterocycles. The summed E-state index contributed by atoms with van der Waals surface area (Å²) >= 11 is 2.82. The van der Waals surface area contributed by atoms with Crippen molar-refractivity contribution in [2.24, 2.45) is 0 Å². The molecule has 0 saturated carbocycles. The molecule has 0 fully saturated rings. The van der Waals surface area contributed by atoms with Crippen LogP contribution in [-0.4, -0.2) is 25.9 Å². The van der Waals surface area contributed by atoms with Crippen molar-refractivity contribution in [2.75, 3.05) is 0 Å². The molecule has 2 atom stereocenters. The first-order valence-corrected chi connectivity index (χ1v) is 3.51. The maximum atomic E-state index is 9.19. The van der Waals surface area contributed by atoms with E-state index < -0.39 is 10.6 Å². The van der Waals surface area contributed by atoms with E-state index in [-0.39, 0.29) is 5.76 Å². The molecule has 0 heterocycles. The highest BCUT2D eigenvalue weighted by Gasteiger charge is 2.34. The molecule has 0 aliphatic heterocycles. The van der Waals surface area contributed by atoms with Crippen LogP contribution in [0, 0.1) is 0 Å². The van der Waals surface area contributed by atoms with Crippen LogP contribution in [0.25, 0.3) is 0 Å². The van der Waals surface area contributed by atoms with Crippen molar-refractivity contribution < 1.29 is 15.3 Å². The van der Waals surface area contributed by atoms with Gasteiger partial charge in [-0.1, -0.05) is 6.08 Å². The SMILES string of the molecule is OC1=CC=CC(O)(Br)C1O. The van der Waals surface area contributed by atoms with E-state index in [1.54, 1.807) is 0 Å². The number of hydrogen-bond donors (Lipinski definition) is 3. The summed E-state index contributed by atoms with van der Waals surface area (Å²) in [6.45, 7) is 0. The van der Waals surface area contributed by atoms with Gasteiger partial charge in [0.2, 0.25) is 0 Å². The molecule has 0 aromatic rings. The monoisotopic (exact) mass is 206 g/mol. The van der Waals surface area contributed by atoms with E-state index in [1.165, 1.54) is 18.2 Å². The van der Waals surface area contributed by atoms with Gasteiger partial charge in [-0.05, 0) is 28.1 Å². The zero-order valence-electron chi connectivity index (χ0n) is 5.03. The van der Waals surface area contributed by atoms with Crippen LogP contribution in [0.5, 0.6) is 0 Å². The predicted octanol–water partition coefficient (Wildman–Crippen LogP) is 0.442. The molecular formula is C6H7BrO3. The number of hydrogen-bond acceptors (Lipinski definition) is 3. The van der Waals surface area contributed by atoms with Gasteiger partial charge in [0, 0.05) is 0 Å². The topological polar surface area (TPSA) is 60.7 Å².